The molecular weight excluding hydrogens is 333 g/mol. The van der Waals surface area contributed by atoms with E-state index in [2.05, 4.69) is 20.8 Å². The van der Waals surface area contributed by atoms with Crippen LogP contribution in [0.5, 0.6) is 0 Å². The molecule has 1 aliphatic heterocycles. The summed E-state index contributed by atoms with van der Waals surface area (Å²) in [6.07, 6.45) is 0. The van der Waals surface area contributed by atoms with Crippen LogP contribution >= 0.6 is 0 Å². The fraction of sp³-hybridized carbons (Fsp3) is 0.429. The first-order valence-electron chi connectivity index (χ1n) is 6.59. The van der Waals surface area contributed by atoms with Crippen LogP contribution in [0.25, 0.3) is 0 Å². The SMILES string of the molecule is C[CH2][Sn]([CH2]C)([CH2]C)[N]1C(=O)c2ccccc2C1=O. The Morgan fingerprint density at radius 3 is 1.61 bits per heavy atom. The van der Waals surface area contributed by atoms with Crippen molar-refractivity contribution in [1.29, 1.82) is 0 Å². The van der Waals surface area contributed by atoms with Gasteiger partial charge >= 0.3 is 113 Å². The molecule has 1 heterocycles. The normalized spacial score (nSPS) is 15.2. The van der Waals surface area contributed by atoms with Crippen molar-refractivity contribution in [3.05, 3.63) is 35.4 Å². The first kappa shape index (κ1) is 13.6. The van der Waals surface area contributed by atoms with Gasteiger partial charge in [-0.25, -0.2) is 0 Å². The summed E-state index contributed by atoms with van der Waals surface area (Å²) in [5, 5.41) is 0. The molecule has 0 bridgehead atoms. The van der Waals surface area contributed by atoms with E-state index in [4.69, 9.17) is 0 Å². The van der Waals surface area contributed by atoms with Gasteiger partial charge in [-0.15, -0.1) is 0 Å². The van der Waals surface area contributed by atoms with E-state index in [1.807, 2.05) is 12.1 Å². The molecule has 1 aliphatic rings. The summed E-state index contributed by atoms with van der Waals surface area (Å²) in [5.74, 6) is -0.0890. The quantitative estimate of drug-likeness (QED) is 0.616. The third-order valence-corrected chi connectivity index (χ3v) is 19.4. The molecule has 96 valence electrons. The van der Waals surface area contributed by atoms with E-state index in [1.54, 1.807) is 15.3 Å². The number of amides is 2. The van der Waals surface area contributed by atoms with Crippen LogP contribution in [0.15, 0.2) is 24.3 Å². The Morgan fingerprint density at radius 2 is 1.28 bits per heavy atom. The molecule has 0 atom stereocenters. The standard InChI is InChI=1S/C8H5NO2.3C2H5.Sn/c10-7-5-3-1-2-4-6(5)8(11)9-7;3*1-2;/h1-4H,(H,9,10,11);3*1H2,2H3;/q;;;;+1/p-1. The van der Waals surface area contributed by atoms with Crippen LogP contribution in [-0.2, 0) is 0 Å². The third-order valence-electron chi connectivity index (χ3n) is 4.24. The Kier molecular flexibility index (Phi) is 3.80. The van der Waals surface area contributed by atoms with E-state index < -0.39 is 18.7 Å². The molecule has 3 nitrogen and oxygen atoms in total. The van der Waals surface area contributed by atoms with Crippen LogP contribution in [0.2, 0.25) is 13.3 Å². The van der Waals surface area contributed by atoms with Gasteiger partial charge in [0.2, 0.25) is 0 Å². The second kappa shape index (κ2) is 5.03. The zero-order chi connectivity index (χ0) is 13.3. The van der Waals surface area contributed by atoms with Crippen molar-refractivity contribution < 1.29 is 9.59 Å². The minimum absolute atomic E-state index is 0.0445. The van der Waals surface area contributed by atoms with Crippen molar-refractivity contribution in [1.82, 2.24) is 3.12 Å². The van der Waals surface area contributed by atoms with Crippen molar-refractivity contribution in [3.63, 3.8) is 0 Å². The number of carbonyl (C=O) groups excluding carboxylic acids is 2. The van der Waals surface area contributed by atoms with Gasteiger partial charge in [-0.3, -0.25) is 0 Å². The van der Waals surface area contributed by atoms with Crippen LogP contribution in [0.1, 0.15) is 41.5 Å². The number of nitrogens with zero attached hydrogens (tertiary/aromatic N) is 1. The van der Waals surface area contributed by atoms with Crippen molar-refractivity contribution in [2.75, 3.05) is 0 Å². The molecule has 4 heteroatoms. The molecule has 0 unspecified atom stereocenters. The molecule has 0 aromatic heterocycles. The van der Waals surface area contributed by atoms with Crippen molar-refractivity contribution >= 4 is 30.5 Å². The van der Waals surface area contributed by atoms with Gasteiger partial charge in [0, 0.05) is 0 Å². The second-order valence-corrected chi connectivity index (χ2v) is 19.1. The number of carbonyl (C=O) groups is 2. The molecule has 1 aromatic rings. The van der Waals surface area contributed by atoms with Crippen LogP contribution in [0.4, 0.5) is 0 Å². The molecule has 1 aromatic carbocycles. The predicted octanol–water partition coefficient (Wildman–Crippen LogP) is 3.29. The summed E-state index contributed by atoms with van der Waals surface area (Å²) in [4.78, 5) is 25.0. The van der Waals surface area contributed by atoms with E-state index in [-0.39, 0.29) is 11.8 Å². The number of benzene rings is 1. The molecule has 2 amide bonds. The fourth-order valence-electron chi connectivity index (χ4n) is 2.84. The molecule has 0 saturated carbocycles. The first-order chi connectivity index (χ1) is 8.61. The summed E-state index contributed by atoms with van der Waals surface area (Å²) in [6.45, 7) is 6.39. The van der Waals surface area contributed by atoms with Gasteiger partial charge in [0.15, 0.2) is 0 Å². The van der Waals surface area contributed by atoms with Crippen molar-refractivity contribution in [2.45, 2.75) is 34.1 Å². The topological polar surface area (TPSA) is 37.4 Å². The third kappa shape index (κ3) is 1.79. The Balaban J connectivity index is 2.51. The summed E-state index contributed by atoms with van der Waals surface area (Å²) >= 11 is -2.81. The van der Waals surface area contributed by atoms with Gasteiger partial charge in [0.1, 0.15) is 0 Å². The average molecular weight is 352 g/mol. The number of rotatable bonds is 4. The van der Waals surface area contributed by atoms with Gasteiger partial charge in [0.25, 0.3) is 0 Å². The number of hydrogen-bond donors (Lipinski definition) is 0. The predicted molar refractivity (Wildman–Crippen MR) is 74.1 cm³/mol. The Bertz CT molecular complexity index is 451. The van der Waals surface area contributed by atoms with Gasteiger partial charge in [-0.2, -0.15) is 0 Å². The van der Waals surface area contributed by atoms with Gasteiger partial charge < -0.3 is 0 Å². The number of imide groups is 1. The zero-order valence-electron chi connectivity index (χ0n) is 11.2. The van der Waals surface area contributed by atoms with Crippen LogP contribution in [0, 0.1) is 0 Å². The maximum atomic E-state index is 12.5. The number of fused-ring (bicyclic) bond motifs is 1. The Labute approximate surface area is 112 Å². The van der Waals surface area contributed by atoms with Crippen LogP contribution < -0.4 is 0 Å². The minimum atomic E-state index is -2.81. The molecule has 2 rings (SSSR count). The summed E-state index contributed by atoms with van der Waals surface area (Å²) < 4.78 is 4.72. The van der Waals surface area contributed by atoms with E-state index in [9.17, 15) is 9.59 Å². The molecular formula is C14H19NO2Sn. The molecule has 0 aliphatic carbocycles. The van der Waals surface area contributed by atoms with E-state index in [0.29, 0.717) is 11.1 Å². The summed E-state index contributed by atoms with van der Waals surface area (Å²) in [5.41, 5.74) is 1.19. The molecule has 18 heavy (non-hydrogen) atoms. The summed E-state index contributed by atoms with van der Waals surface area (Å²) in [6, 6.07) is 7.20. The van der Waals surface area contributed by atoms with E-state index in [0.717, 1.165) is 13.3 Å². The molecule has 0 spiro atoms. The van der Waals surface area contributed by atoms with Crippen LogP contribution in [-0.4, -0.2) is 33.6 Å². The molecule has 0 radical (unpaired) electrons. The van der Waals surface area contributed by atoms with Gasteiger partial charge in [-0.05, 0) is 0 Å². The Morgan fingerprint density at radius 1 is 0.889 bits per heavy atom. The summed E-state index contributed by atoms with van der Waals surface area (Å²) in [7, 11) is 0. The average Bonchev–Trinajstić information content (AvgIpc) is 2.67. The van der Waals surface area contributed by atoms with Gasteiger partial charge in [-0.1, -0.05) is 0 Å². The maximum absolute atomic E-state index is 12.5. The van der Waals surface area contributed by atoms with Crippen LogP contribution in [0.3, 0.4) is 0 Å². The zero-order valence-corrected chi connectivity index (χ0v) is 14.0. The van der Waals surface area contributed by atoms with Gasteiger partial charge in [0.05, 0.1) is 0 Å². The fourth-order valence-corrected chi connectivity index (χ4v) is 13.0. The molecule has 0 fully saturated rings. The van der Waals surface area contributed by atoms with E-state index >= 15 is 0 Å². The first-order valence-corrected chi connectivity index (χ1v) is 13.9. The molecule has 0 N–H and O–H groups in total. The van der Waals surface area contributed by atoms with Crippen molar-refractivity contribution in [2.24, 2.45) is 0 Å². The number of hydrogen-bond acceptors (Lipinski definition) is 2. The second-order valence-electron chi connectivity index (χ2n) is 4.78. The monoisotopic (exact) mass is 353 g/mol. The molecule has 0 saturated heterocycles. The van der Waals surface area contributed by atoms with Crippen molar-refractivity contribution in [3.8, 4) is 0 Å². The Hall–Kier alpha value is -0.841. The van der Waals surface area contributed by atoms with E-state index in [1.165, 1.54) is 0 Å².